The molecule has 0 bridgehead atoms. The van der Waals surface area contributed by atoms with Crippen molar-refractivity contribution in [1.82, 2.24) is 9.38 Å². The van der Waals surface area contributed by atoms with Gasteiger partial charge in [0.2, 0.25) is 0 Å². The van der Waals surface area contributed by atoms with Crippen LogP contribution in [0.1, 0.15) is 45.4 Å². The fourth-order valence-corrected chi connectivity index (χ4v) is 3.49. The first-order valence-corrected chi connectivity index (χ1v) is 8.22. The third-order valence-electron chi connectivity index (χ3n) is 4.70. The Labute approximate surface area is 145 Å². The molecule has 1 atom stereocenters. The Morgan fingerprint density at radius 3 is 2.84 bits per heavy atom. The van der Waals surface area contributed by atoms with Crippen molar-refractivity contribution >= 4 is 17.7 Å². The second kappa shape index (κ2) is 5.77. The Kier molecular flexibility index (Phi) is 3.57. The molecule has 25 heavy (non-hydrogen) atoms. The van der Waals surface area contributed by atoms with Crippen molar-refractivity contribution in [3.8, 4) is 5.75 Å². The van der Waals surface area contributed by atoms with Gasteiger partial charge in [-0.2, -0.15) is 0 Å². The summed E-state index contributed by atoms with van der Waals surface area (Å²) in [7, 11) is 0. The molecule has 3 aromatic rings. The molecule has 1 aromatic carbocycles. The van der Waals surface area contributed by atoms with Crippen molar-refractivity contribution in [3.63, 3.8) is 0 Å². The minimum absolute atomic E-state index is 0.106. The predicted molar refractivity (Wildman–Crippen MR) is 95.1 cm³/mol. The summed E-state index contributed by atoms with van der Waals surface area (Å²) < 4.78 is 8.02. The van der Waals surface area contributed by atoms with Gasteiger partial charge in [-0.1, -0.05) is 36.9 Å². The number of imidazole rings is 1. The zero-order valence-corrected chi connectivity index (χ0v) is 13.9. The number of carbonyl (C=O) groups is 1. The van der Waals surface area contributed by atoms with Crippen LogP contribution in [0.5, 0.6) is 5.75 Å². The van der Waals surface area contributed by atoms with Crippen LogP contribution in [0.15, 0.2) is 43.1 Å². The van der Waals surface area contributed by atoms with Gasteiger partial charge in [0.25, 0.3) is 0 Å². The molecule has 126 valence electrons. The SMILES string of the molecule is C=Cc1c(C)nc2c3c(c(C(=O)O)cn12)CCC(c1ccccc1)O3. The van der Waals surface area contributed by atoms with E-state index in [-0.39, 0.29) is 11.7 Å². The Balaban J connectivity index is 1.93. The van der Waals surface area contributed by atoms with Crippen LogP contribution in [0.3, 0.4) is 0 Å². The highest BCUT2D eigenvalue weighted by atomic mass is 16.5. The van der Waals surface area contributed by atoms with Crippen molar-refractivity contribution in [2.45, 2.75) is 25.9 Å². The van der Waals surface area contributed by atoms with E-state index in [1.165, 1.54) is 0 Å². The van der Waals surface area contributed by atoms with Crippen LogP contribution in [0.25, 0.3) is 11.7 Å². The average molecular weight is 334 g/mol. The summed E-state index contributed by atoms with van der Waals surface area (Å²) in [5.74, 6) is -0.391. The third-order valence-corrected chi connectivity index (χ3v) is 4.70. The van der Waals surface area contributed by atoms with Gasteiger partial charge >= 0.3 is 5.97 Å². The monoisotopic (exact) mass is 334 g/mol. The number of nitrogens with zero attached hydrogens (tertiary/aromatic N) is 2. The van der Waals surface area contributed by atoms with Crippen molar-refractivity contribution in [2.75, 3.05) is 0 Å². The Morgan fingerprint density at radius 1 is 1.40 bits per heavy atom. The topological polar surface area (TPSA) is 63.8 Å². The number of pyridine rings is 1. The number of hydrogen-bond acceptors (Lipinski definition) is 3. The van der Waals surface area contributed by atoms with Crippen molar-refractivity contribution in [3.05, 3.63) is 71.2 Å². The highest BCUT2D eigenvalue weighted by Crippen LogP contribution is 2.40. The van der Waals surface area contributed by atoms with E-state index >= 15 is 0 Å². The molecule has 0 saturated carbocycles. The number of benzene rings is 1. The van der Waals surface area contributed by atoms with E-state index in [4.69, 9.17) is 4.74 Å². The van der Waals surface area contributed by atoms with Gasteiger partial charge in [-0.15, -0.1) is 0 Å². The molecule has 0 radical (unpaired) electrons. The fraction of sp³-hybridized carbons (Fsp3) is 0.200. The number of carboxylic acid groups (broad SMARTS) is 1. The largest absolute Gasteiger partial charge is 0.481 e. The first-order chi connectivity index (χ1) is 12.1. The molecule has 0 saturated heterocycles. The van der Waals surface area contributed by atoms with E-state index in [1.54, 1.807) is 16.7 Å². The number of aromatic nitrogens is 2. The molecular formula is C20H18N2O3. The fourth-order valence-electron chi connectivity index (χ4n) is 3.49. The molecule has 5 heteroatoms. The molecule has 1 aliphatic heterocycles. The van der Waals surface area contributed by atoms with Gasteiger partial charge in [0.15, 0.2) is 11.4 Å². The zero-order chi connectivity index (χ0) is 17.6. The van der Waals surface area contributed by atoms with E-state index in [0.717, 1.165) is 23.4 Å². The number of aromatic carboxylic acids is 1. The van der Waals surface area contributed by atoms with Crippen molar-refractivity contribution < 1.29 is 14.6 Å². The molecule has 3 heterocycles. The van der Waals surface area contributed by atoms with E-state index in [2.05, 4.69) is 11.6 Å². The molecular weight excluding hydrogens is 316 g/mol. The molecule has 1 aliphatic rings. The Hall–Kier alpha value is -3.08. The van der Waals surface area contributed by atoms with Gasteiger partial charge in [-0.3, -0.25) is 4.40 Å². The van der Waals surface area contributed by atoms with Crippen LogP contribution < -0.4 is 4.74 Å². The van der Waals surface area contributed by atoms with Crippen LogP contribution in [-0.2, 0) is 6.42 Å². The van der Waals surface area contributed by atoms with E-state index in [1.807, 2.05) is 37.3 Å². The average Bonchev–Trinajstić information content (AvgIpc) is 2.96. The lowest BCUT2D eigenvalue weighted by atomic mass is 9.95. The van der Waals surface area contributed by atoms with E-state index in [9.17, 15) is 9.90 Å². The minimum atomic E-state index is -0.957. The maximum absolute atomic E-state index is 11.8. The van der Waals surface area contributed by atoms with Crippen LogP contribution >= 0.6 is 0 Å². The standard InChI is InChI=1S/C20H18N2O3/c1-3-16-12(2)21-19-18-14(15(20(23)24)11-22(16)19)9-10-17(25-18)13-7-5-4-6-8-13/h3-8,11,17H,1,9-10H2,2H3,(H,23,24). The lowest BCUT2D eigenvalue weighted by molar-refractivity contribution is 0.0692. The number of carboxylic acids is 1. The quantitative estimate of drug-likeness (QED) is 0.785. The molecule has 0 spiro atoms. The maximum Gasteiger partial charge on any atom is 0.337 e. The zero-order valence-electron chi connectivity index (χ0n) is 13.9. The van der Waals surface area contributed by atoms with Gasteiger partial charge in [0, 0.05) is 11.8 Å². The van der Waals surface area contributed by atoms with E-state index < -0.39 is 5.97 Å². The van der Waals surface area contributed by atoms with Gasteiger partial charge in [-0.05, 0) is 31.4 Å². The molecule has 0 amide bonds. The predicted octanol–water partition coefficient (Wildman–Crippen LogP) is 4.05. The van der Waals surface area contributed by atoms with Crippen LogP contribution in [0.2, 0.25) is 0 Å². The molecule has 5 nitrogen and oxygen atoms in total. The van der Waals surface area contributed by atoms with Crippen LogP contribution in [0.4, 0.5) is 0 Å². The number of fused-ring (bicyclic) bond motifs is 3. The molecule has 0 aliphatic carbocycles. The number of ether oxygens (including phenoxy) is 1. The first kappa shape index (κ1) is 15.4. The summed E-state index contributed by atoms with van der Waals surface area (Å²) in [5.41, 5.74) is 4.28. The smallest absolute Gasteiger partial charge is 0.337 e. The van der Waals surface area contributed by atoms with Crippen LogP contribution in [0, 0.1) is 6.92 Å². The Morgan fingerprint density at radius 2 is 2.16 bits per heavy atom. The summed E-state index contributed by atoms with van der Waals surface area (Å²) >= 11 is 0. The highest BCUT2D eigenvalue weighted by Gasteiger charge is 2.29. The summed E-state index contributed by atoms with van der Waals surface area (Å²) in [4.78, 5) is 16.4. The second-order valence-corrected chi connectivity index (χ2v) is 6.19. The van der Waals surface area contributed by atoms with Gasteiger partial charge in [-0.25, -0.2) is 9.78 Å². The van der Waals surface area contributed by atoms with Crippen LogP contribution in [-0.4, -0.2) is 20.5 Å². The van der Waals surface area contributed by atoms with Crippen molar-refractivity contribution in [1.29, 1.82) is 0 Å². The van der Waals surface area contributed by atoms with Gasteiger partial charge < -0.3 is 9.84 Å². The minimum Gasteiger partial charge on any atom is -0.481 e. The summed E-state index contributed by atoms with van der Waals surface area (Å²) in [6.45, 7) is 5.70. The number of hydrogen-bond donors (Lipinski definition) is 1. The maximum atomic E-state index is 11.8. The molecule has 2 aromatic heterocycles. The first-order valence-electron chi connectivity index (χ1n) is 8.22. The highest BCUT2D eigenvalue weighted by molar-refractivity contribution is 5.91. The normalized spacial score (nSPS) is 16.3. The summed E-state index contributed by atoms with van der Waals surface area (Å²) in [6.07, 6.45) is 4.58. The number of aryl methyl sites for hydroxylation is 1. The summed E-state index contributed by atoms with van der Waals surface area (Å²) in [5, 5.41) is 9.64. The van der Waals surface area contributed by atoms with Crippen molar-refractivity contribution in [2.24, 2.45) is 0 Å². The van der Waals surface area contributed by atoms with E-state index in [0.29, 0.717) is 23.4 Å². The third kappa shape index (κ3) is 2.39. The molecule has 0 fully saturated rings. The second-order valence-electron chi connectivity index (χ2n) is 6.19. The Bertz CT molecular complexity index is 989. The summed E-state index contributed by atoms with van der Waals surface area (Å²) in [6, 6.07) is 9.98. The van der Waals surface area contributed by atoms with Gasteiger partial charge in [0.05, 0.1) is 17.0 Å². The number of rotatable bonds is 3. The van der Waals surface area contributed by atoms with Gasteiger partial charge in [0.1, 0.15) is 6.10 Å². The lowest BCUT2D eigenvalue weighted by Crippen LogP contribution is -2.19. The molecule has 4 rings (SSSR count). The molecule has 1 unspecified atom stereocenters. The lowest BCUT2D eigenvalue weighted by Gasteiger charge is -2.27. The molecule has 1 N–H and O–H groups in total.